The van der Waals surface area contributed by atoms with Crippen molar-refractivity contribution in [2.75, 3.05) is 17.2 Å². The lowest BCUT2D eigenvalue weighted by Gasteiger charge is -2.24. The Kier molecular flexibility index (Phi) is 4.92. The first-order valence-corrected chi connectivity index (χ1v) is 7.92. The maximum Gasteiger partial charge on any atom is 0.322 e. The number of benzene rings is 2. The van der Waals surface area contributed by atoms with Crippen LogP contribution in [0.4, 0.5) is 25.0 Å². The van der Waals surface area contributed by atoms with E-state index in [1.807, 2.05) is 0 Å². The summed E-state index contributed by atoms with van der Waals surface area (Å²) in [6, 6.07) is 9.91. The van der Waals surface area contributed by atoms with Crippen LogP contribution in [0.1, 0.15) is 12.8 Å². The molecule has 2 aromatic rings. The number of halogens is 2. The summed E-state index contributed by atoms with van der Waals surface area (Å²) in [7, 11) is 0. The lowest BCUT2D eigenvalue weighted by atomic mass is 10.2. The standard InChI is InChI=1S/C18H17F2N3O2/c19-12-6-8-14(9-7-12)22-18(25)23-10-2-5-16(23)17(24)21-15-4-1-3-13(20)11-15/h1,3-4,6-9,11,16H,2,5,10H2,(H,21,24)(H,22,25)/t16-/m1/s1. The highest BCUT2D eigenvalue weighted by molar-refractivity contribution is 5.99. The Hall–Kier alpha value is -2.96. The Balaban J connectivity index is 1.65. The van der Waals surface area contributed by atoms with Crippen LogP contribution in [0.15, 0.2) is 48.5 Å². The molecule has 1 atom stereocenters. The first-order valence-electron chi connectivity index (χ1n) is 7.92. The zero-order chi connectivity index (χ0) is 17.8. The Bertz CT molecular complexity index is 780. The van der Waals surface area contributed by atoms with E-state index in [4.69, 9.17) is 0 Å². The summed E-state index contributed by atoms with van der Waals surface area (Å²) in [6.45, 7) is 0.439. The van der Waals surface area contributed by atoms with E-state index in [0.29, 0.717) is 30.8 Å². The highest BCUT2D eigenvalue weighted by Crippen LogP contribution is 2.21. The Morgan fingerprint density at radius 2 is 1.72 bits per heavy atom. The van der Waals surface area contributed by atoms with Crippen molar-refractivity contribution in [2.45, 2.75) is 18.9 Å². The Morgan fingerprint density at radius 3 is 2.44 bits per heavy atom. The summed E-state index contributed by atoms with van der Waals surface area (Å²) in [5, 5.41) is 5.28. The second-order valence-electron chi connectivity index (χ2n) is 5.79. The zero-order valence-electron chi connectivity index (χ0n) is 13.3. The minimum Gasteiger partial charge on any atom is -0.324 e. The average molecular weight is 345 g/mol. The van der Waals surface area contributed by atoms with E-state index in [9.17, 15) is 18.4 Å². The molecule has 0 spiro atoms. The number of likely N-dealkylation sites (tertiary alicyclic amines) is 1. The molecule has 25 heavy (non-hydrogen) atoms. The fourth-order valence-corrected chi connectivity index (χ4v) is 2.80. The molecule has 1 heterocycles. The molecule has 0 aliphatic carbocycles. The third-order valence-electron chi connectivity index (χ3n) is 4.00. The van der Waals surface area contributed by atoms with Crippen LogP contribution in [0.25, 0.3) is 0 Å². The van der Waals surface area contributed by atoms with Crippen molar-refractivity contribution >= 4 is 23.3 Å². The van der Waals surface area contributed by atoms with Crippen LogP contribution >= 0.6 is 0 Å². The molecule has 130 valence electrons. The predicted octanol–water partition coefficient (Wildman–Crippen LogP) is 3.60. The quantitative estimate of drug-likeness (QED) is 0.893. The molecule has 2 N–H and O–H groups in total. The summed E-state index contributed by atoms with van der Waals surface area (Å²) >= 11 is 0. The van der Waals surface area contributed by atoms with Crippen molar-refractivity contribution in [3.8, 4) is 0 Å². The number of carbonyl (C=O) groups is 2. The summed E-state index contributed by atoms with van der Waals surface area (Å²) in [4.78, 5) is 26.3. The van der Waals surface area contributed by atoms with Crippen molar-refractivity contribution in [1.29, 1.82) is 0 Å². The van der Waals surface area contributed by atoms with Crippen molar-refractivity contribution in [3.63, 3.8) is 0 Å². The van der Waals surface area contributed by atoms with E-state index in [2.05, 4.69) is 10.6 Å². The summed E-state index contributed by atoms with van der Waals surface area (Å²) in [5.41, 5.74) is 0.790. The maximum atomic E-state index is 13.2. The molecule has 1 aliphatic rings. The van der Waals surface area contributed by atoms with Gasteiger partial charge < -0.3 is 15.5 Å². The second-order valence-corrected chi connectivity index (χ2v) is 5.79. The van der Waals surface area contributed by atoms with E-state index in [1.165, 1.54) is 47.4 Å². The molecule has 0 saturated carbocycles. The molecular weight excluding hydrogens is 328 g/mol. The monoisotopic (exact) mass is 345 g/mol. The van der Waals surface area contributed by atoms with Gasteiger partial charge in [-0.3, -0.25) is 4.79 Å². The predicted molar refractivity (Wildman–Crippen MR) is 90.2 cm³/mol. The second kappa shape index (κ2) is 7.29. The molecule has 0 unspecified atom stereocenters. The number of nitrogens with one attached hydrogen (secondary N) is 2. The Labute approximate surface area is 143 Å². The topological polar surface area (TPSA) is 61.4 Å². The number of rotatable bonds is 3. The molecule has 3 amide bonds. The SMILES string of the molecule is O=C(Nc1cccc(F)c1)[C@H]1CCCN1C(=O)Nc1ccc(F)cc1. The number of nitrogens with zero attached hydrogens (tertiary/aromatic N) is 1. The molecule has 0 aromatic heterocycles. The van der Waals surface area contributed by atoms with Crippen LogP contribution in [0.3, 0.4) is 0 Å². The largest absolute Gasteiger partial charge is 0.324 e. The fraction of sp³-hybridized carbons (Fsp3) is 0.222. The summed E-state index contributed by atoms with van der Waals surface area (Å²) in [6.07, 6.45) is 1.22. The van der Waals surface area contributed by atoms with Gasteiger partial charge in [-0.25, -0.2) is 13.6 Å². The average Bonchev–Trinajstić information content (AvgIpc) is 3.07. The van der Waals surface area contributed by atoms with Crippen LogP contribution in [0, 0.1) is 11.6 Å². The molecule has 2 aromatic carbocycles. The van der Waals surface area contributed by atoms with Gasteiger partial charge in [-0.15, -0.1) is 0 Å². The van der Waals surface area contributed by atoms with Crippen LogP contribution in [0.2, 0.25) is 0 Å². The maximum absolute atomic E-state index is 13.2. The van der Waals surface area contributed by atoms with Gasteiger partial charge in [0.05, 0.1) is 0 Å². The van der Waals surface area contributed by atoms with E-state index in [-0.39, 0.29) is 5.91 Å². The highest BCUT2D eigenvalue weighted by Gasteiger charge is 2.34. The van der Waals surface area contributed by atoms with Gasteiger partial charge in [0.25, 0.3) is 0 Å². The van der Waals surface area contributed by atoms with Crippen LogP contribution in [0.5, 0.6) is 0 Å². The molecular formula is C18H17F2N3O2. The molecule has 1 aliphatic heterocycles. The third-order valence-corrected chi connectivity index (χ3v) is 4.00. The van der Waals surface area contributed by atoms with Crippen LogP contribution < -0.4 is 10.6 Å². The zero-order valence-corrected chi connectivity index (χ0v) is 13.3. The van der Waals surface area contributed by atoms with Crippen LogP contribution in [-0.4, -0.2) is 29.4 Å². The number of hydrogen-bond donors (Lipinski definition) is 2. The van der Waals surface area contributed by atoms with Crippen LogP contribution in [-0.2, 0) is 4.79 Å². The highest BCUT2D eigenvalue weighted by atomic mass is 19.1. The molecule has 3 rings (SSSR count). The molecule has 0 bridgehead atoms. The normalized spacial score (nSPS) is 16.6. The minimum atomic E-state index is -0.635. The Morgan fingerprint density at radius 1 is 0.960 bits per heavy atom. The fourth-order valence-electron chi connectivity index (χ4n) is 2.80. The van der Waals surface area contributed by atoms with Gasteiger partial charge in [0.1, 0.15) is 17.7 Å². The van der Waals surface area contributed by atoms with E-state index < -0.39 is 23.7 Å². The number of anilines is 2. The molecule has 7 heteroatoms. The van der Waals surface area contributed by atoms with Crippen molar-refractivity contribution < 1.29 is 18.4 Å². The van der Waals surface area contributed by atoms with Gasteiger partial charge in [0.2, 0.25) is 5.91 Å². The van der Waals surface area contributed by atoms with E-state index >= 15 is 0 Å². The number of urea groups is 1. The van der Waals surface area contributed by atoms with Gasteiger partial charge in [-0.1, -0.05) is 6.07 Å². The lowest BCUT2D eigenvalue weighted by molar-refractivity contribution is -0.119. The van der Waals surface area contributed by atoms with Crippen molar-refractivity contribution in [1.82, 2.24) is 4.90 Å². The van der Waals surface area contributed by atoms with E-state index in [0.717, 1.165) is 0 Å². The van der Waals surface area contributed by atoms with Gasteiger partial charge in [-0.2, -0.15) is 0 Å². The lowest BCUT2D eigenvalue weighted by Crippen LogP contribution is -2.45. The van der Waals surface area contributed by atoms with Gasteiger partial charge in [0.15, 0.2) is 0 Å². The summed E-state index contributed by atoms with van der Waals surface area (Å²) < 4.78 is 26.1. The first kappa shape index (κ1) is 16.9. The minimum absolute atomic E-state index is 0.343. The van der Waals surface area contributed by atoms with Crippen molar-refractivity contribution in [2.24, 2.45) is 0 Å². The van der Waals surface area contributed by atoms with E-state index in [1.54, 1.807) is 6.07 Å². The van der Waals surface area contributed by atoms with Crippen molar-refractivity contribution in [3.05, 3.63) is 60.2 Å². The van der Waals surface area contributed by atoms with Gasteiger partial charge in [-0.05, 0) is 55.3 Å². The summed E-state index contributed by atoms with van der Waals surface area (Å²) in [5.74, 6) is -1.21. The molecule has 1 saturated heterocycles. The molecule has 5 nitrogen and oxygen atoms in total. The van der Waals surface area contributed by atoms with Gasteiger partial charge in [0, 0.05) is 17.9 Å². The first-order chi connectivity index (χ1) is 12.0. The number of hydrogen-bond acceptors (Lipinski definition) is 2. The smallest absolute Gasteiger partial charge is 0.322 e. The number of amides is 3. The third kappa shape index (κ3) is 4.12. The van der Waals surface area contributed by atoms with Gasteiger partial charge >= 0.3 is 6.03 Å². The molecule has 1 fully saturated rings. The molecule has 0 radical (unpaired) electrons. The number of carbonyl (C=O) groups excluding carboxylic acids is 2.